The van der Waals surface area contributed by atoms with Gasteiger partial charge >= 0.3 is 24.1 Å². The summed E-state index contributed by atoms with van der Waals surface area (Å²) >= 11 is 5.32. The highest BCUT2D eigenvalue weighted by Crippen LogP contribution is 2.62. The zero-order valence-corrected chi connectivity index (χ0v) is 84.2. The van der Waals surface area contributed by atoms with Crippen molar-refractivity contribution in [3.05, 3.63) is 118 Å². The molecular formula is C106H151ClF3N3O23. The Morgan fingerprint density at radius 1 is 0.551 bits per heavy atom. The average Bonchev–Trinajstić information content (AvgIpc) is 1.57. The second-order valence-electron chi connectivity index (χ2n) is 41.2. The predicted octanol–water partition coefficient (Wildman–Crippen LogP) is 17.9. The number of rotatable bonds is 24. The lowest BCUT2D eigenvalue weighted by molar-refractivity contribution is -0.314. The minimum Gasteiger partial charge on any atom is -0.462 e. The van der Waals surface area contributed by atoms with Crippen molar-refractivity contribution in [3.8, 4) is 17.6 Å². The van der Waals surface area contributed by atoms with Crippen molar-refractivity contribution in [2.45, 2.75) is 339 Å². The van der Waals surface area contributed by atoms with Crippen LogP contribution in [-0.2, 0) is 104 Å². The van der Waals surface area contributed by atoms with Crippen molar-refractivity contribution in [2.24, 2.45) is 88.3 Å². The number of halogens is 4. The summed E-state index contributed by atoms with van der Waals surface area (Å²) in [5.74, 6) is -1.24. The first kappa shape index (κ1) is 107. The van der Waals surface area contributed by atoms with E-state index in [1.807, 2.05) is 52.0 Å². The van der Waals surface area contributed by atoms with E-state index in [1.54, 1.807) is 92.9 Å². The van der Waals surface area contributed by atoms with Crippen molar-refractivity contribution < 1.29 is 122 Å². The molecule has 15 rings (SSSR count). The van der Waals surface area contributed by atoms with Crippen LogP contribution < -0.4 is 4.74 Å². The number of fused-ring (bicyclic) bond motifs is 10. The number of nitrogens with zero attached hydrogens (tertiary/aromatic N) is 3. The molecule has 30 heteroatoms. The Balaban J connectivity index is 0.000000179. The Morgan fingerprint density at radius 2 is 1.03 bits per heavy atom. The maximum Gasteiger partial charge on any atom is 0.426 e. The summed E-state index contributed by atoms with van der Waals surface area (Å²) < 4.78 is 149. The number of esters is 3. The normalized spacial score (nSPS) is 39.9. The number of likely N-dealkylation sites (N-methyl/N-ethyl adjacent to an activating group) is 2. The third-order valence-electron chi connectivity index (χ3n) is 32.2. The summed E-state index contributed by atoms with van der Waals surface area (Å²) in [6, 6.07) is 18.1. The summed E-state index contributed by atoms with van der Waals surface area (Å²) in [5, 5.41) is 8.23. The lowest BCUT2D eigenvalue weighted by Gasteiger charge is -2.44. The minimum absolute atomic E-state index is 0.0364. The van der Waals surface area contributed by atoms with Gasteiger partial charge < -0.3 is 95.1 Å². The maximum absolute atomic E-state index is 14.7. The quantitative estimate of drug-likeness (QED) is 0.0536. The zero-order chi connectivity index (χ0) is 98.2. The first-order chi connectivity index (χ1) is 64.9. The van der Waals surface area contributed by atoms with E-state index in [4.69, 9.17) is 96.9 Å². The molecular weight excluding hydrogens is 1780 g/mol. The van der Waals surface area contributed by atoms with Crippen LogP contribution in [0.25, 0.3) is 0 Å². The van der Waals surface area contributed by atoms with Crippen LogP contribution in [0.1, 0.15) is 203 Å². The van der Waals surface area contributed by atoms with Crippen molar-refractivity contribution in [1.82, 2.24) is 9.80 Å². The van der Waals surface area contributed by atoms with Gasteiger partial charge in [-0.2, -0.15) is 18.4 Å². The molecule has 2 aromatic rings. The second kappa shape index (κ2) is 47.2. The monoisotopic (exact) mass is 1930 g/mol. The molecule has 0 spiro atoms. The van der Waals surface area contributed by atoms with Crippen molar-refractivity contribution in [1.29, 1.82) is 5.26 Å². The molecule has 0 bridgehead atoms. The van der Waals surface area contributed by atoms with E-state index in [-0.39, 0.29) is 194 Å². The first-order valence-corrected chi connectivity index (χ1v) is 50.2. The summed E-state index contributed by atoms with van der Waals surface area (Å²) in [6.07, 6.45) is 14.3. The number of alkyl halides is 3. The Labute approximate surface area is 808 Å². The molecule has 0 radical (unpaired) electrons. The molecule has 136 heavy (non-hydrogen) atoms. The number of benzene rings is 2. The Kier molecular flexibility index (Phi) is 37.1. The van der Waals surface area contributed by atoms with E-state index in [1.165, 1.54) is 5.57 Å². The number of cyclic esters (lactones) is 2. The molecule has 26 nitrogen and oxygen atoms in total. The van der Waals surface area contributed by atoms with Gasteiger partial charge in [-0.1, -0.05) is 126 Å². The molecule has 7 aliphatic carbocycles. The fraction of sp³-hybridized carbons (Fsp3) is 0.736. The molecule has 756 valence electrons. The molecule has 13 aliphatic rings. The van der Waals surface area contributed by atoms with Crippen LogP contribution in [0.15, 0.2) is 113 Å². The van der Waals surface area contributed by atoms with Crippen LogP contribution in [0, 0.1) is 99.6 Å². The number of methoxy groups -OCH3 is 6. The average molecular weight is 1930 g/mol. The largest absolute Gasteiger partial charge is 0.462 e. The van der Waals surface area contributed by atoms with Crippen LogP contribution in [0.5, 0.6) is 11.5 Å². The standard InChI is InChI=1S/C42H67NO10.C41H65NO10.C23H19ClF3NO3/c1-11-26-13-12-14-35(53-37-16-15-34(43(6)7)24(4)49-37)23(3)38(45)33-20-31-29(32(33)21-36(44)51-26)17-22(2)28-18-27(19-30(28)31)52-42-41(48-10)40(47-9)39(46-8)25(5)50-42;1-10-26-12-11-13-34(52-36-17-16-33(42(5)6)23(3)48-36)22(2)37(44)32-20-30-28(31(32)21-35(43)50-26)15-14-25-18-27(19-29(25)30)51-41-40(47-9)39(46-8)38(45-7)24(4)49-41;1-22(2)17(12-19(24)23(25,26)27)20(22)21(29)31-18(13-28)14-7-6-10-16(11-14)30-15-8-4-3-5-9-15/h17,20,23-32,34-35,37,39-42H,11-16,18-19,21H2,1-10H3;14-15,20,22-31,33-34,36,38-41H,10-13,16-19,21H2,1-9H3;3-12,17-18,20H,1-2H3/b;;19-12-/t23-,24-,25+,26+,27-,28+,29-,30-,31-,32+,34+,35+,37+,39+,40-,41-,42+;22-,23-,24+,25-,26+,27-,28-,29-,30-,31+,33+,34+,36+,38+,39-,40-,41+;17-,18?,20-/m110/s1. The number of hydrogen-bond acceptors (Lipinski definition) is 26. The van der Waals surface area contributed by atoms with Gasteiger partial charge in [-0.05, 0) is 260 Å². The van der Waals surface area contributed by atoms with Gasteiger partial charge in [0, 0.05) is 84.0 Å². The highest BCUT2D eigenvalue weighted by Gasteiger charge is 2.63. The minimum atomic E-state index is -4.68. The molecule has 3 saturated carbocycles. The topological polar surface area (TPSA) is 282 Å². The lowest BCUT2D eigenvalue weighted by atomic mass is 9.67. The van der Waals surface area contributed by atoms with E-state index >= 15 is 0 Å². The number of allylic oxidation sites excluding steroid dienone is 10. The second-order valence-corrected chi connectivity index (χ2v) is 41.6. The number of nitriles is 1. The van der Waals surface area contributed by atoms with Gasteiger partial charge in [0.1, 0.15) is 71.4 Å². The smallest absolute Gasteiger partial charge is 0.426 e. The number of ketones is 2. The molecule has 6 aliphatic heterocycles. The fourth-order valence-corrected chi connectivity index (χ4v) is 24.7. The number of carbonyl (C=O) groups excluding carboxylic acids is 5. The summed E-state index contributed by atoms with van der Waals surface area (Å²) in [6.45, 7) is 21.8. The Hall–Kier alpha value is -6.38. The third-order valence-corrected chi connectivity index (χ3v) is 32.5. The van der Waals surface area contributed by atoms with E-state index in [2.05, 4.69) is 103 Å². The highest BCUT2D eigenvalue weighted by atomic mass is 35.5. The van der Waals surface area contributed by atoms with Crippen molar-refractivity contribution in [3.63, 3.8) is 0 Å². The number of hydrogen-bond donors (Lipinski definition) is 0. The number of para-hydroxylation sites is 1. The van der Waals surface area contributed by atoms with E-state index in [9.17, 15) is 42.4 Å². The van der Waals surface area contributed by atoms with Crippen molar-refractivity contribution >= 4 is 41.1 Å². The van der Waals surface area contributed by atoms with Gasteiger partial charge in [0.2, 0.25) is 6.10 Å². The lowest BCUT2D eigenvalue weighted by Crippen LogP contribution is -2.59. The molecule has 6 heterocycles. The number of carbonyl (C=O) groups is 5. The van der Waals surface area contributed by atoms with Gasteiger partial charge in [-0.25, -0.2) is 0 Å². The van der Waals surface area contributed by atoms with Crippen LogP contribution in [0.2, 0.25) is 0 Å². The van der Waals surface area contributed by atoms with E-state index in [0.717, 1.165) is 107 Å². The van der Waals surface area contributed by atoms with Gasteiger partial charge in [0.15, 0.2) is 36.7 Å². The van der Waals surface area contributed by atoms with Gasteiger partial charge in [0.05, 0.1) is 67.6 Å². The summed E-state index contributed by atoms with van der Waals surface area (Å²) in [5.41, 5.74) is 2.46. The third kappa shape index (κ3) is 24.6. The highest BCUT2D eigenvalue weighted by molar-refractivity contribution is 6.30. The molecule has 0 amide bonds. The fourth-order valence-electron chi connectivity index (χ4n) is 24.6. The summed E-state index contributed by atoms with van der Waals surface area (Å²) in [7, 11) is 18.3. The SMILES string of the molecule is CC1(C)[C@H](C(=O)OC(C#N)c2cccc(Oc3ccccc3)c2)[C@@H]1/C=C(\Cl)C(F)(F)F.CC[C@H]1CCC[C@H](O[C@H]2CC[C@H](N(C)C)[C@@H](C)O2)[C@@H](C)C(=O)C2=C[C@@H]3[C@@H](C=C(C)[C@@H]4C[C@@H](O[C@@H]5O[C@@H](C)[C@H](OC)[C@@H](OC)[C@H]5OC)C[C@@H]34)[C@@H]2CC(=O)O1.CC[C@H]1CCC[C@H](O[C@H]2CC[C@H](N(C)C)[C@@H](C)O2)[C@@H](C)C(=O)C2=C[C@@H]3[C@@H](C=C[C@@H]4C[C@@H](O[C@@H]5O[C@@H](C)[C@H](OC)[C@@H](OC)[C@H]5OC)C[C@@H]34)[C@@H]2CC(=O)O1. The maximum atomic E-state index is 14.7. The Morgan fingerprint density at radius 3 is 1.50 bits per heavy atom. The summed E-state index contributed by atoms with van der Waals surface area (Å²) in [4.78, 5) is 73.5. The van der Waals surface area contributed by atoms with Crippen LogP contribution in [-0.4, -0.2) is 251 Å². The Bertz CT molecular complexity index is 4540. The number of Topliss-reactive ketones (excluding diaryl/α,β-unsaturated/α-hetero) is 2. The zero-order valence-electron chi connectivity index (χ0n) is 83.5. The van der Waals surface area contributed by atoms with Gasteiger partial charge in [-0.3, -0.25) is 24.0 Å². The van der Waals surface area contributed by atoms with Crippen LogP contribution in [0.4, 0.5) is 13.2 Å². The van der Waals surface area contributed by atoms with Gasteiger partial charge in [0.25, 0.3) is 0 Å². The predicted molar refractivity (Wildman–Crippen MR) is 501 cm³/mol. The van der Waals surface area contributed by atoms with Crippen LogP contribution in [0.3, 0.4) is 0 Å². The first-order valence-electron chi connectivity index (χ1n) is 49.8. The molecule has 9 fully saturated rings. The molecule has 1 unspecified atom stereocenters. The number of ether oxygens (including phenoxy) is 18. The van der Waals surface area contributed by atoms with E-state index in [0.29, 0.717) is 53.8 Å². The molecule has 6 saturated heterocycles. The molecule has 37 atom stereocenters. The molecule has 2 aromatic carbocycles. The van der Waals surface area contributed by atoms with Gasteiger partial charge in [-0.15, -0.1) is 0 Å². The van der Waals surface area contributed by atoms with Crippen molar-refractivity contribution in [2.75, 3.05) is 70.8 Å². The molecule has 0 N–H and O–H groups in total. The van der Waals surface area contributed by atoms with Crippen LogP contribution >= 0.6 is 11.6 Å². The molecule has 0 aromatic heterocycles. The van der Waals surface area contributed by atoms with E-state index < -0.39 is 65.3 Å².